The first-order chi connectivity index (χ1) is 13.1. The van der Waals surface area contributed by atoms with E-state index in [1.807, 2.05) is 0 Å². The summed E-state index contributed by atoms with van der Waals surface area (Å²) in [6.07, 6.45) is 12.8. The van der Waals surface area contributed by atoms with Crippen LogP contribution in [0.25, 0.3) is 0 Å². The zero-order chi connectivity index (χ0) is 18.4. The molecule has 0 aliphatic heterocycles. The zero-order valence-corrected chi connectivity index (χ0v) is 17.1. The van der Waals surface area contributed by atoms with Gasteiger partial charge in [-0.05, 0) is 75.0 Å². The number of carbonyl (C=O) groups excluding carboxylic acids is 1. The summed E-state index contributed by atoms with van der Waals surface area (Å²) < 4.78 is 6.09. The second-order valence-electron chi connectivity index (χ2n) is 9.80. The van der Waals surface area contributed by atoms with E-state index < -0.39 is 0 Å². The number of hydrogen-bond donors (Lipinski definition) is 1. The van der Waals surface area contributed by atoms with Gasteiger partial charge in [-0.15, -0.1) is 10.2 Å². The Morgan fingerprint density at radius 3 is 2.44 bits per heavy atom. The van der Waals surface area contributed by atoms with Gasteiger partial charge in [-0.25, -0.2) is 0 Å². The van der Waals surface area contributed by atoms with Crippen molar-refractivity contribution in [3.63, 3.8) is 0 Å². The third-order valence-corrected chi connectivity index (χ3v) is 8.50. The second kappa shape index (κ2) is 7.09. The van der Waals surface area contributed by atoms with Crippen LogP contribution in [0.3, 0.4) is 0 Å². The Morgan fingerprint density at radius 1 is 1.11 bits per heavy atom. The van der Waals surface area contributed by atoms with Gasteiger partial charge in [0.25, 0.3) is 5.22 Å². The van der Waals surface area contributed by atoms with Gasteiger partial charge in [0.05, 0.1) is 5.75 Å². The highest BCUT2D eigenvalue weighted by atomic mass is 32.2. The van der Waals surface area contributed by atoms with Gasteiger partial charge < -0.3 is 9.73 Å². The van der Waals surface area contributed by atoms with Gasteiger partial charge in [-0.2, -0.15) is 0 Å². The van der Waals surface area contributed by atoms with Gasteiger partial charge in [0, 0.05) is 11.5 Å². The summed E-state index contributed by atoms with van der Waals surface area (Å²) in [5.41, 5.74) is 0.139. The van der Waals surface area contributed by atoms with Crippen molar-refractivity contribution >= 4 is 17.7 Å². The normalized spacial score (nSPS) is 40.3. The zero-order valence-electron chi connectivity index (χ0n) is 16.3. The molecule has 148 valence electrons. The maximum Gasteiger partial charge on any atom is 0.277 e. The number of thioether (sulfide) groups is 1. The number of rotatable bonds is 5. The molecule has 1 N–H and O–H groups in total. The van der Waals surface area contributed by atoms with Crippen molar-refractivity contribution in [1.29, 1.82) is 0 Å². The number of nitrogens with zero attached hydrogens (tertiary/aromatic N) is 2. The molecular weight excluding hydrogens is 358 g/mol. The van der Waals surface area contributed by atoms with Crippen LogP contribution in [0.2, 0.25) is 0 Å². The van der Waals surface area contributed by atoms with Crippen molar-refractivity contribution in [3.8, 4) is 0 Å². The fourth-order valence-electron chi connectivity index (χ4n) is 6.76. The molecule has 5 saturated carbocycles. The van der Waals surface area contributed by atoms with E-state index in [1.54, 1.807) is 0 Å². The molecule has 5 aliphatic rings. The van der Waals surface area contributed by atoms with Crippen molar-refractivity contribution in [2.75, 3.05) is 5.75 Å². The predicted octanol–water partition coefficient (Wildman–Crippen LogP) is 4.32. The number of amides is 1. The molecule has 1 heterocycles. The average Bonchev–Trinajstić information content (AvgIpc) is 3.11. The van der Waals surface area contributed by atoms with Crippen molar-refractivity contribution in [2.24, 2.45) is 23.7 Å². The minimum absolute atomic E-state index is 0.0910. The third kappa shape index (κ3) is 3.54. The summed E-state index contributed by atoms with van der Waals surface area (Å²) >= 11 is 1.39. The van der Waals surface area contributed by atoms with Gasteiger partial charge in [0.15, 0.2) is 0 Å². The highest BCUT2D eigenvalue weighted by Crippen LogP contribution is 2.60. The Bertz CT molecular complexity index is 668. The van der Waals surface area contributed by atoms with Crippen LogP contribution in [0.4, 0.5) is 0 Å². The van der Waals surface area contributed by atoms with Crippen molar-refractivity contribution in [2.45, 2.75) is 87.8 Å². The molecule has 0 spiro atoms. The molecule has 1 aromatic heterocycles. The van der Waals surface area contributed by atoms with Crippen LogP contribution >= 0.6 is 11.8 Å². The summed E-state index contributed by atoms with van der Waals surface area (Å²) in [5.74, 6) is 4.48. The molecule has 5 aliphatic carbocycles. The van der Waals surface area contributed by atoms with E-state index in [1.165, 1.54) is 69.5 Å². The number of carbonyl (C=O) groups is 1. The molecule has 5 nitrogen and oxygen atoms in total. The quantitative estimate of drug-likeness (QED) is 0.760. The lowest BCUT2D eigenvalue weighted by molar-refractivity contribution is -0.119. The van der Waals surface area contributed by atoms with Crippen LogP contribution in [0, 0.1) is 23.7 Å². The fraction of sp³-hybridized carbons (Fsp3) is 0.857. The van der Waals surface area contributed by atoms with Crippen LogP contribution in [-0.2, 0) is 10.2 Å². The maximum absolute atomic E-state index is 12.3. The molecule has 5 fully saturated rings. The highest BCUT2D eigenvalue weighted by molar-refractivity contribution is 7.99. The number of nitrogens with one attached hydrogen (secondary N) is 1. The fourth-order valence-corrected chi connectivity index (χ4v) is 7.34. The molecule has 0 saturated heterocycles. The van der Waals surface area contributed by atoms with Crippen molar-refractivity contribution in [1.82, 2.24) is 15.5 Å². The molecule has 0 radical (unpaired) electrons. The molecule has 6 rings (SSSR count). The van der Waals surface area contributed by atoms with E-state index >= 15 is 0 Å². The third-order valence-electron chi connectivity index (χ3n) is 7.68. The Balaban J connectivity index is 1.18. The average molecular weight is 390 g/mol. The summed E-state index contributed by atoms with van der Waals surface area (Å²) in [5, 5.41) is 12.5. The first kappa shape index (κ1) is 18.0. The molecule has 6 heteroatoms. The largest absolute Gasteiger partial charge is 0.415 e. The molecule has 27 heavy (non-hydrogen) atoms. The van der Waals surface area contributed by atoms with Crippen molar-refractivity contribution < 1.29 is 9.21 Å². The SMILES string of the molecule is C[C@H]1CCCC[C@@H]1NC(=O)CSc1nnc(C23CC4CC(CC(C4)C2)C3)o1. The van der Waals surface area contributed by atoms with Crippen LogP contribution < -0.4 is 5.32 Å². The van der Waals surface area contributed by atoms with Crippen LogP contribution in [0.5, 0.6) is 0 Å². The standard InChI is InChI=1S/C21H31N3O2S/c1-13-4-2-3-5-17(13)22-18(25)12-27-20-24-23-19(26-20)21-9-14-6-15(10-21)8-16(7-14)11-21/h13-17H,2-12H2,1H3,(H,22,25)/t13-,14?,15?,16?,17-,21?/m0/s1. The smallest absolute Gasteiger partial charge is 0.277 e. The molecule has 1 amide bonds. The van der Waals surface area contributed by atoms with E-state index in [0.717, 1.165) is 30.1 Å². The summed E-state index contributed by atoms with van der Waals surface area (Å²) in [6, 6.07) is 0.331. The Hall–Kier alpha value is -1.04. The lowest BCUT2D eigenvalue weighted by Gasteiger charge is -2.55. The Kier molecular flexibility index (Phi) is 4.73. The van der Waals surface area contributed by atoms with Crippen LogP contribution in [0.15, 0.2) is 9.64 Å². The summed E-state index contributed by atoms with van der Waals surface area (Å²) in [4.78, 5) is 12.3. The monoisotopic (exact) mass is 389 g/mol. The van der Waals surface area contributed by atoms with E-state index in [4.69, 9.17) is 4.42 Å². The molecular formula is C21H31N3O2S. The summed E-state index contributed by atoms with van der Waals surface area (Å²) in [6.45, 7) is 2.24. The minimum Gasteiger partial charge on any atom is -0.415 e. The molecule has 0 unspecified atom stereocenters. The van der Waals surface area contributed by atoms with E-state index in [9.17, 15) is 4.79 Å². The van der Waals surface area contributed by atoms with E-state index in [-0.39, 0.29) is 11.3 Å². The molecule has 1 aromatic rings. The van der Waals surface area contributed by atoms with Crippen LogP contribution in [-0.4, -0.2) is 27.9 Å². The Morgan fingerprint density at radius 2 is 1.78 bits per heavy atom. The summed E-state index contributed by atoms with van der Waals surface area (Å²) in [7, 11) is 0. The molecule has 2 atom stereocenters. The minimum atomic E-state index is 0.0910. The Labute approximate surface area is 165 Å². The first-order valence-electron chi connectivity index (χ1n) is 10.9. The second-order valence-corrected chi connectivity index (χ2v) is 10.7. The highest BCUT2D eigenvalue weighted by Gasteiger charge is 2.54. The van der Waals surface area contributed by atoms with Crippen LogP contribution in [0.1, 0.15) is 77.0 Å². The molecule has 4 bridgehead atoms. The topological polar surface area (TPSA) is 68.0 Å². The first-order valence-corrected chi connectivity index (χ1v) is 11.8. The van der Waals surface area contributed by atoms with Gasteiger partial charge in [-0.1, -0.05) is 31.5 Å². The lowest BCUT2D eigenvalue weighted by Crippen LogP contribution is -2.48. The van der Waals surface area contributed by atoms with E-state index in [0.29, 0.717) is 22.9 Å². The van der Waals surface area contributed by atoms with Gasteiger partial charge in [-0.3, -0.25) is 4.79 Å². The van der Waals surface area contributed by atoms with E-state index in [2.05, 4.69) is 22.4 Å². The van der Waals surface area contributed by atoms with Gasteiger partial charge in [0.2, 0.25) is 11.8 Å². The molecule has 0 aromatic carbocycles. The van der Waals surface area contributed by atoms with Gasteiger partial charge >= 0.3 is 0 Å². The van der Waals surface area contributed by atoms with Gasteiger partial charge in [0.1, 0.15) is 0 Å². The number of hydrogen-bond acceptors (Lipinski definition) is 5. The lowest BCUT2D eigenvalue weighted by atomic mass is 9.49. The predicted molar refractivity (Wildman–Crippen MR) is 104 cm³/mol. The number of aromatic nitrogens is 2. The van der Waals surface area contributed by atoms with Crippen molar-refractivity contribution in [3.05, 3.63) is 5.89 Å². The maximum atomic E-state index is 12.3.